The van der Waals surface area contributed by atoms with Crippen LogP contribution in [-0.4, -0.2) is 72.9 Å². The minimum Gasteiger partial charge on any atom is -0.497 e. The molecule has 1 atom stereocenters. The third-order valence-electron chi connectivity index (χ3n) is 5.03. The normalized spacial score (nSPS) is 24.3. The van der Waals surface area contributed by atoms with Gasteiger partial charge in [0.25, 0.3) is 5.91 Å². The summed E-state index contributed by atoms with van der Waals surface area (Å²) in [4.78, 5) is 16.5. The summed E-state index contributed by atoms with van der Waals surface area (Å²) in [5.74, 6) is 1.22. The van der Waals surface area contributed by atoms with Crippen LogP contribution in [0.15, 0.2) is 24.3 Å². The standard InChI is InChI=1S/C19H28N2O4/c1-24-16-6-4-7-17(12-16)25-13-18(22)21-11-5-8-19(23,15-21)14-20-9-2-3-10-20/h4,6-7,12,23H,2-3,5,8-11,13-15H2,1H3/t19-/m1/s1. The van der Waals surface area contributed by atoms with E-state index in [4.69, 9.17) is 9.47 Å². The zero-order valence-corrected chi connectivity index (χ0v) is 14.9. The van der Waals surface area contributed by atoms with E-state index >= 15 is 0 Å². The average Bonchev–Trinajstić information content (AvgIpc) is 3.12. The maximum Gasteiger partial charge on any atom is 0.260 e. The van der Waals surface area contributed by atoms with Crippen molar-refractivity contribution < 1.29 is 19.4 Å². The monoisotopic (exact) mass is 348 g/mol. The van der Waals surface area contributed by atoms with Crippen molar-refractivity contribution in [1.82, 2.24) is 9.80 Å². The summed E-state index contributed by atoms with van der Waals surface area (Å²) in [7, 11) is 1.60. The Balaban J connectivity index is 1.52. The second-order valence-electron chi connectivity index (χ2n) is 7.09. The first-order valence-corrected chi connectivity index (χ1v) is 9.07. The topological polar surface area (TPSA) is 62.2 Å². The van der Waals surface area contributed by atoms with Crippen LogP contribution in [0.1, 0.15) is 25.7 Å². The maximum atomic E-state index is 12.5. The Morgan fingerprint density at radius 2 is 1.96 bits per heavy atom. The fraction of sp³-hybridized carbons (Fsp3) is 0.632. The van der Waals surface area contributed by atoms with E-state index in [0.717, 1.165) is 25.9 Å². The molecule has 0 spiro atoms. The molecule has 0 bridgehead atoms. The smallest absolute Gasteiger partial charge is 0.260 e. The van der Waals surface area contributed by atoms with Gasteiger partial charge in [-0.05, 0) is 50.9 Å². The molecule has 6 heteroatoms. The van der Waals surface area contributed by atoms with Gasteiger partial charge in [0.2, 0.25) is 0 Å². The van der Waals surface area contributed by atoms with Crippen molar-refractivity contribution in [2.75, 3.05) is 46.4 Å². The number of nitrogens with zero attached hydrogens (tertiary/aromatic N) is 2. The lowest BCUT2D eigenvalue weighted by Crippen LogP contribution is -2.56. The average molecular weight is 348 g/mol. The third-order valence-corrected chi connectivity index (χ3v) is 5.03. The molecule has 2 aliphatic heterocycles. The lowest BCUT2D eigenvalue weighted by Gasteiger charge is -2.41. The summed E-state index contributed by atoms with van der Waals surface area (Å²) in [6, 6.07) is 7.22. The number of likely N-dealkylation sites (tertiary alicyclic amines) is 2. The van der Waals surface area contributed by atoms with Crippen LogP contribution >= 0.6 is 0 Å². The number of aliphatic hydroxyl groups is 1. The highest BCUT2D eigenvalue weighted by Crippen LogP contribution is 2.24. The summed E-state index contributed by atoms with van der Waals surface area (Å²) in [5.41, 5.74) is -0.797. The predicted molar refractivity (Wildman–Crippen MR) is 94.9 cm³/mol. The van der Waals surface area contributed by atoms with Gasteiger partial charge in [-0.1, -0.05) is 6.07 Å². The molecule has 2 aliphatic rings. The van der Waals surface area contributed by atoms with E-state index in [0.29, 0.717) is 31.1 Å². The van der Waals surface area contributed by atoms with Crippen molar-refractivity contribution in [3.63, 3.8) is 0 Å². The highest BCUT2D eigenvalue weighted by Gasteiger charge is 2.37. The molecular weight excluding hydrogens is 320 g/mol. The van der Waals surface area contributed by atoms with Crippen molar-refractivity contribution in [3.05, 3.63) is 24.3 Å². The van der Waals surface area contributed by atoms with Crippen LogP contribution in [0.25, 0.3) is 0 Å². The predicted octanol–water partition coefficient (Wildman–Crippen LogP) is 1.52. The maximum absolute atomic E-state index is 12.5. The number of carbonyl (C=O) groups excluding carboxylic acids is 1. The number of β-amino-alcohol motifs (C(OH)–C–C–N with tert-alkyl or cyclic N) is 1. The Morgan fingerprint density at radius 3 is 2.72 bits per heavy atom. The molecule has 0 aromatic heterocycles. The third kappa shape index (κ3) is 4.86. The van der Waals surface area contributed by atoms with E-state index in [1.54, 1.807) is 24.1 Å². The zero-order chi connectivity index (χ0) is 17.7. The van der Waals surface area contributed by atoms with Crippen molar-refractivity contribution in [3.8, 4) is 11.5 Å². The molecule has 2 saturated heterocycles. The Hall–Kier alpha value is -1.79. The molecule has 1 N–H and O–H groups in total. The molecule has 2 fully saturated rings. The van der Waals surface area contributed by atoms with Crippen LogP contribution in [0, 0.1) is 0 Å². The minimum absolute atomic E-state index is 0.0209. The van der Waals surface area contributed by atoms with Crippen LogP contribution in [-0.2, 0) is 4.79 Å². The Bertz CT molecular complexity index is 589. The number of rotatable bonds is 6. The molecule has 0 saturated carbocycles. The fourth-order valence-electron chi connectivity index (χ4n) is 3.74. The van der Waals surface area contributed by atoms with Gasteiger partial charge in [0, 0.05) is 19.2 Å². The Morgan fingerprint density at radius 1 is 1.20 bits per heavy atom. The quantitative estimate of drug-likeness (QED) is 0.845. The number of hydrogen-bond donors (Lipinski definition) is 1. The fourth-order valence-corrected chi connectivity index (χ4v) is 3.74. The first-order chi connectivity index (χ1) is 12.1. The van der Waals surface area contributed by atoms with E-state index in [2.05, 4.69) is 4.90 Å². The van der Waals surface area contributed by atoms with Gasteiger partial charge in [-0.15, -0.1) is 0 Å². The molecule has 2 heterocycles. The highest BCUT2D eigenvalue weighted by molar-refractivity contribution is 5.78. The molecule has 1 amide bonds. The van der Waals surface area contributed by atoms with E-state index in [9.17, 15) is 9.90 Å². The molecule has 1 aromatic carbocycles. The summed E-state index contributed by atoms with van der Waals surface area (Å²) in [6.07, 6.45) is 3.99. The number of piperidine rings is 1. The van der Waals surface area contributed by atoms with Crippen molar-refractivity contribution in [1.29, 1.82) is 0 Å². The molecular formula is C19H28N2O4. The molecule has 3 rings (SSSR count). The number of amides is 1. The molecule has 0 aliphatic carbocycles. The van der Waals surface area contributed by atoms with E-state index in [-0.39, 0.29) is 12.5 Å². The molecule has 6 nitrogen and oxygen atoms in total. The number of carbonyl (C=O) groups is 1. The van der Waals surface area contributed by atoms with E-state index in [1.165, 1.54) is 12.8 Å². The molecule has 1 aromatic rings. The first kappa shape index (κ1) is 18.0. The van der Waals surface area contributed by atoms with Crippen molar-refractivity contribution in [2.24, 2.45) is 0 Å². The van der Waals surface area contributed by atoms with E-state index in [1.807, 2.05) is 12.1 Å². The highest BCUT2D eigenvalue weighted by atomic mass is 16.5. The van der Waals surface area contributed by atoms with Crippen LogP contribution in [0.4, 0.5) is 0 Å². The van der Waals surface area contributed by atoms with Gasteiger partial charge in [-0.2, -0.15) is 0 Å². The zero-order valence-electron chi connectivity index (χ0n) is 14.9. The number of benzene rings is 1. The number of hydrogen-bond acceptors (Lipinski definition) is 5. The van der Waals surface area contributed by atoms with Gasteiger partial charge in [-0.25, -0.2) is 0 Å². The van der Waals surface area contributed by atoms with Crippen LogP contribution in [0.5, 0.6) is 11.5 Å². The summed E-state index contributed by atoms with van der Waals surface area (Å²) in [6.45, 7) is 3.82. The molecule has 25 heavy (non-hydrogen) atoms. The largest absolute Gasteiger partial charge is 0.497 e. The summed E-state index contributed by atoms with van der Waals surface area (Å²) >= 11 is 0. The van der Waals surface area contributed by atoms with Crippen molar-refractivity contribution >= 4 is 5.91 Å². The summed E-state index contributed by atoms with van der Waals surface area (Å²) in [5, 5.41) is 10.9. The number of ether oxygens (including phenoxy) is 2. The minimum atomic E-state index is -0.797. The van der Waals surface area contributed by atoms with Crippen molar-refractivity contribution in [2.45, 2.75) is 31.3 Å². The van der Waals surface area contributed by atoms with Gasteiger partial charge in [-0.3, -0.25) is 4.79 Å². The van der Waals surface area contributed by atoms with Gasteiger partial charge >= 0.3 is 0 Å². The first-order valence-electron chi connectivity index (χ1n) is 9.07. The van der Waals surface area contributed by atoms with Crippen LogP contribution < -0.4 is 9.47 Å². The summed E-state index contributed by atoms with van der Waals surface area (Å²) < 4.78 is 10.8. The van der Waals surface area contributed by atoms with Gasteiger partial charge in [0.15, 0.2) is 6.61 Å². The van der Waals surface area contributed by atoms with E-state index < -0.39 is 5.60 Å². The SMILES string of the molecule is COc1cccc(OCC(=O)N2CCC[C@@](O)(CN3CCCC3)C2)c1. The molecule has 138 valence electrons. The van der Waals surface area contributed by atoms with Gasteiger partial charge in [0.1, 0.15) is 11.5 Å². The Kier molecular flexibility index (Phi) is 5.81. The second-order valence-corrected chi connectivity index (χ2v) is 7.09. The Labute approximate surface area is 149 Å². The molecule has 0 unspecified atom stereocenters. The van der Waals surface area contributed by atoms with Crippen LogP contribution in [0.3, 0.4) is 0 Å². The van der Waals surface area contributed by atoms with Gasteiger partial charge < -0.3 is 24.4 Å². The van der Waals surface area contributed by atoms with Crippen LogP contribution in [0.2, 0.25) is 0 Å². The second kappa shape index (κ2) is 8.06. The van der Waals surface area contributed by atoms with Gasteiger partial charge in [0.05, 0.1) is 19.3 Å². The lowest BCUT2D eigenvalue weighted by molar-refractivity contribution is -0.141. The lowest BCUT2D eigenvalue weighted by atomic mass is 9.92. The molecule has 0 radical (unpaired) electrons. The number of methoxy groups -OCH3 is 1.